The van der Waals surface area contributed by atoms with E-state index in [2.05, 4.69) is 13.2 Å². The Balaban J connectivity index is 1.74. The third kappa shape index (κ3) is 4.19. The molecule has 1 N–H and O–H groups in total. The first kappa shape index (κ1) is 25.8. The minimum Gasteiger partial charge on any atom is -0.465 e. The minimum atomic E-state index is -0.819. The molecule has 3 heterocycles. The highest BCUT2D eigenvalue weighted by Crippen LogP contribution is 2.71. The van der Waals surface area contributed by atoms with Crippen molar-refractivity contribution in [2.24, 2.45) is 11.8 Å². The Labute approximate surface area is 215 Å². The number of carbonyl (C=O) groups is 3. The molecule has 3 aliphatic heterocycles. The van der Waals surface area contributed by atoms with E-state index >= 15 is 0 Å². The Hall–Kier alpha value is -2.29. The number of carbonyl (C=O) groups excluding carboxylic acids is 3. The number of hydrogen-bond acceptors (Lipinski definition) is 6. The van der Waals surface area contributed by atoms with Crippen molar-refractivity contribution < 1.29 is 24.2 Å². The van der Waals surface area contributed by atoms with E-state index in [0.717, 1.165) is 0 Å². The standard InChI is InChI=1S/C26H31ClN2O5S/c1-4-6-16-34-24(33)20-19-22(31)29(14-15-30)21(26(19)12-11-25(20,3)35-26)23(32)28(13-5-2)18-9-7-17(27)8-10-18/h4-5,7-10,19-21,30H,1-2,6,11-16H2,3H3/t19-,20+,21?,25-,26?/m0/s1. The normalized spacial score (nSPS) is 30.8. The van der Waals surface area contributed by atoms with Gasteiger partial charge in [0.2, 0.25) is 5.91 Å². The van der Waals surface area contributed by atoms with E-state index < -0.39 is 33.3 Å². The van der Waals surface area contributed by atoms with Gasteiger partial charge >= 0.3 is 5.97 Å². The zero-order valence-electron chi connectivity index (χ0n) is 19.8. The fourth-order valence-corrected chi connectivity index (χ4v) is 8.43. The van der Waals surface area contributed by atoms with Gasteiger partial charge in [0.1, 0.15) is 6.04 Å². The molecular formula is C26H31ClN2O5S. The lowest BCUT2D eigenvalue weighted by atomic mass is 9.66. The van der Waals surface area contributed by atoms with Crippen LogP contribution in [0, 0.1) is 11.8 Å². The highest BCUT2D eigenvalue weighted by atomic mass is 35.5. The number of amides is 2. The first-order valence-electron chi connectivity index (χ1n) is 11.8. The van der Waals surface area contributed by atoms with Crippen LogP contribution in [0.1, 0.15) is 26.2 Å². The number of halogens is 1. The zero-order chi connectivity index (χ0) is 25.4. The van der Waals surface area contributed by atoms with Crippen LogP contribution in [0.15, 0.2) is 49.6 Å². The Kier molecular flexibility index (Phi) is 7.36. The number of aliphatic hydroxyl groups excluding tert-OH is 1. The number of hydrogen-bond donors (Lipinski definition) is 1. The highest BCUT2D eigenvalue weighted by Gasteiger charge is 2.77. The maximum absolute atomic E-state index is 14.2. The molecule has 1 aromatic rings. The van der Waals surface area contributed by atoms with Crippen LogP contribution in [0.4, 0.5) is 5.69 Å². The SMILES string of the molecule is C=CCCOC(=O)[C@H]1[C@H]2C(=O)N(CCO)C(C(=O)N(CC=C)c3ccc(Cl)cc3)C23CC[C@]1(C)S3. The van der Waals surface area contributed by atoms with Crippen LogP contribution in [0.25, 0.3) is 0 Å². The second-order valence-electron chi connectivity index (χ2n) is 9.44. The summed E-state index contributed by atoms with van der Waals surface area (Å²) in [6.07, 6.45) is 5.16. The number of β-amino-alcohol motifs (C(OH)–C–C–N with tert-alkyl or cyclic N) is 1. The molecule has 1 aromatic carbocycles. The number of benzene rings is 1. The van der Waals surface area contributed by atoms with Crippen LogP contribution >= 0.6 is 23.4 Å². The van der Waals surface area contributed by atoms with Gasteiger partial charge in [-0.2, -0.15) is 0 Å². The first-order chi connectivity index (χ1) is 16.7. The summed E-state index contributed by atoms with van der Waals surface area (Å²) in [7, 11) is 0. The summed E-state index contributed by atoms with van der Waals surface area (Å²) < 4.78 is 4.26. The molecule has 0 saturated carbocycles. The molecule has 0 radical (unpaired) electrons. The summed E-state index contributed by atoms with van der Waals surface area (Å²) in [6, 6.07) is 6.11. The summed E-state index contributed by atoms with van der Waals surface area (Å²) >= 11 is 7.63. The van der Waals surface area contributed by atoms with E-state index in [-0.39, 0.29) is 38.1 Å². The lowest BCUT2D eigenvalue weighted by Gasteiger charge is -2.37. The van der Waals surface area contributed by atoms with Gasteiger partial charge in [0, 0.05) is 28.5 Å². The van der Waals surface area contributed by atoms with Gasteiger partial charge in [0.05, 0.1) is 29.8 Å². The van der Waals surface area contributed by atoms with Gasteiger partial charge in [-0.15, -0.1) is 24.9 Å². The zero-order valence-corrected chi connectivity index (χ0v) is 21.4. The molecule has 7 nitrogen and oxygen atoms in total. The lowest BCUT2D eigenvalue weighted by Crippen LogP contribution is -2.55. The van der Waals surface area contributed by atoms with E-state index in [1.807, 2.05) is 6.92 Å². The van der Waals surface area contributed by atoms with Crippen molar-refractivity contribution in [2.45, 2.75) is 41.7 Å². The fraction of sp³-hybridized carbons (Fsp3) is 0.500. The first-order valence-corrected chi connectivity index (χ1v) is 13.0. The summed E-state index contributed by atoms with van der Waals surface area (Å²) in [5.41, 5.74) is 0.639. The summed E-state index contributed by atoms with van der Waals surface area (Å²) in [5, 5.41) is 10.3. The number of esters is 1. The van der Waals surface area contributed by atoms with Crippen LogP contribution in [0.3, 0.4) is 0 Å². The number of thioether (sulfide) groups is 1. The molecule has 188 valence electrons. The number of likely N-dealkylation sites (tertiary alicyclic amines) is 1. The van der Waals surface area contributed by atoms with Gasteiger partial charge in [-0.25, -0.2) is 0 Å². The molecule has 9 heteroatoms. The van der Waals surface area contributed by atoms with Crippen molar-refractivity contribution in [3.05, 3.63) is 54.6 Å². The molecule has 5 atom stereocenters. The van der Waals surface area contributed by atoms with Crippen LogP contribution in [0.2, 0.25) is 5.02 Å². The number of ether oxygens (including phenoxy) is 1. The van der Waals surface area contributed by atoms with Crippen LogP contribution in [0.5, 0.6) is 0 Å². The lowest BCUT2D eigenvalue weighted by molar-refractivity contribution is -0.155. The van der Waals surface area contributed by atoms with Gasteiger partial charge < -0.3 is 19.6 Å². The van der Waals surface area contributed by atoms with E-state index in [9.17, 15) is 19.5 Å². The van der Waals surface area contributed by atoms with Gasteiger partial charge in [0.25, 0.3) is 5.91 Å². The molecule has 3 aliphatic rings. The van der Waals surface area contributed by atoms with Gasteiger partial charge in [-0.05, 0) is 50.5 Å². The topological polar surface area (TPSA) is 87.1 Å². The average molecular weight is 519 g/mol. The molecule has 2 unspecified atom stereocenters. The Morgan fingerprint density at radius 3 is 2.63 bits per heavy atom. The third-order valence-electron chi connectivity index (χ3n) is 7.39. The maximum Gasteiger partial charge on any atom is 0.311 e. The van der Waals surface area contributed by atoms with E-state index in [1.165, 1.54) is 4.90 Å². The van der Waals surface area contributed by atoms with E-state index in [0.29, 0.717) is 30.0 Å². The predicted octanol–water partition coefficient (Wildman–Crippen LogP) is 3.45. The highest BCUT2D eigenvalue weighted by molar-refractivity contribution is 8.02. The van der Waals surface area contributed by atoms with Crippen molar-refractivity contribution in [3.8, 4) is 0 Å². The number of rotatable bonds is 10. The van der Waals surface area contributed by atoms with Crippen molar-refractivity contribution >= 4 is 46.8 Å². The average Bonchev–Trinajstić information content (AvgIpc) is 3.39. The van der Waals surface area contributed by atoms with Crippen LogP contribution in [-0.2, 0) is 19.1 Å². The molecule has 0 aliphatic carbocycles. The van der Waals surface area contributed by atoms with Crippen LogP contribution < -0.4 is 4.90 Å². The smallest absolute Gasteiger partial charge is 0.311 e. The Morgan fingerprint density at radius 2 is 2.00 bits per heavy atom. The van der Waals surface area contributed by atoms with Gasteiger partial charge in [0.15, 0.2) is 0 Å². The van der Waals surface area contributed by atoms with Gasteiger partial charge in [-0.1, -0.05) is 23.8 Å². The summed E-state index contributed by atoms with van der Waals surface area (Å²) in [6.45, 7) is 9.65. The third-order valence-corrected chi connectivity index (χ3v) is 9.63. The second-order valence-corrected chi connectivity index (χ2v) is 11.8. The maximum atomic E-state index is 14.2. The molecular weight excluding hydrogens is 488 g/mol. The molecule has 2 bridgehead atoms. The van der Waals surface area contributed by atoms with Crippen LogP contribution in [-0.4, -0.2) is 69.6 Å². The van der Waals surface area contributed by atoms with Crippen molar-refractivity contribution in [2.75, 3.05) is 31.2 Å². The number of fused-ring (bicyclic) bond motifs is 1. The predicted molar refractivity (Wildman–Crippen MR) is 137 cm³/mol. The molecule has 3 fully saturated rings. The van der Waals surface area contributed by atoms with Crippen molar-refractivity contribution in [1.29, 1.82) is 0 Å². The number of anilines is 1. The molecule has 1 spiro atoms. The molecule has 4 rings (SSSR count). The molecule has 0 aromatic heterocycles. The monoisotopic (exact) mass is 518 g/mol. The molecule has 2 amide bonds. The Bertz CT molecular complexity index is 1030. The largest absolute Gasteiger partial charge is 0.465 e. The number of nitrogens with zero attached hydrogens (tertiary/aromatic N) is 2. The van der Waals surface area contributed by atoms with Crippen molar-refractivity contribution in [3.63, 3.8) is 0 Å². The fourth-order valence-electron chi connectivity index (χ4n) is 5.96. The van der Waals surface area contributed by atoms with E-state index in [4.69, 9.17) is 16.3 Å². The quantitative estimate of drug-likeness (QED) is 0.290. The minimum absolute atomic E-state index is 0.0194. The van der Waals surface area contributed by atoms with Gasteiger partial charge in [-0.3, -0.25) is 14.4 Å². The summed E-state index contributed by atoms with van der Waals surface area (Å²) in [4.78, 5) is 44.3. The molecule has 35 heavy (non-hydrogen) atoms. The molecule has 3 saturated heterocycles. The Morgan fingerprint density at radius 1 is 1.29 bits per heavy atom. The summed E-state index contributed by atoms with van der Waals surface area (Å²) in [5.74, 6) is -2.26. The second kappa shape index (κ2) is 9.99. The van der Waals surface area contributed by atoms with E-state index in [1.54, 1.807) is 53.1 Å². The van der Waals surface area contributed by atoms with Crippen molar-refractivity contribution in [1.82, 2.24) is 4.90 Å². The number of aliphatic hydroxyl groups is 1.